The second-order valence-electron chi connectivity index (χ2n) is 14.1. The zero-order valence-corrected chi connectivity index (χ0v) is 36.9. The summed E-state index contributed by atoms with van der Waals surface area (Å²) < 4.78 is 16.5. The van der Waals surface area contributed by atoms with E-state index in [4.69, 9.17) is 14.2 Å². The zero-order valence-electron chi connectivity index (χ0n) is 36.9. The van der Waals surface area contributed by atoms with Gasteiger partial charge in [-0.1, -0.05) is 205 Å². The van der Waals surface area contributed by atoms with Crippen LogP contribution in [0.15, 0.2) is 146 Å². The molecule has 6 heteroatoms. The van der Waals surface area contributed by atoms with Crippen molar-refractivity contribution in [3.63, 3.8) is 0 Å². The number of allylic oxidation sites excluding steroid dienone is 24. The summed E-state index contributed by atoms with van der Waals surface area (Å²) in [6.45, 7) is 6.14. The van der Waals surface area contributed by atoms with Gasteiger partial charge in [-0.2, -0.15) is 0 Å². The first-order valence-electron chi connectivity index (χ1n) is 22.5. The van der Waals surface area contributed by atoms with Crippen LogP contribution in [0, 0.1) is 0 Å². The van der Waals surface area contributed by atoms with Gasteiger partial charge in [0.15, 0.2) is 6.10 Å². The van der Waals surface area contributed by atoms with Gasteiger partial charge >= 0.3 is 17.9 Å². The summed E-state index contributed by atoms with van der Waals surface area (Å²) in [7, 11) is 0. The van der Waals surface area contributed by atoms with Gasteiger partial charge in [-0.05, 0) is 70.6 Å². The molecule has 0 fully saturated rings. The molecule has 0 heterocycles. The molecule has 0 rings (SSSR count). The molecule has 0 aromatic carbocycles. The van der Waals surface area contributed by atoms with Crippen molar-refractivity contribution in [3.8, 4) is 0 Å². The number of esters is 3. The Morgan fingerprint density at radius 2 is 0.780 bits per heavy atom. The number of carbonyl (C=O) groups excluding carboxylic acids is 3. The molecule has 0 spiro atoms. The predicted molar refractivity (Wildman–Crippen MR) is 251 cm³/mol. The molecule has 0 aliphatic carbocycles. The molecule has 0 saturated heterocycles. The van der Waals surface area contributed by atoms with E-state index < -0.39 is 12.1 Å². The first-order chi connectivity index (χ1) is 29.0. The highest BCUT2D eigenvalue weighted by Crippen LogP contribution is 2.10. The third-order valence-corrected chi connectivity index (χ3v) is 8.58. The van der Waals surface area contributed by atoms with E-state index in [1.54, 1.807) is 0 Å². The van der Waals surface area contributed by atoms with Crippen molar-refractivity contribution in [2.24, 2.45) is 0 Å². The molecule has 0 radical (unpaired) electrons. The molecule has 1 atom stereocenters. The van der Waals surface area contributed by atoms with Gasteiger partial charge in [-0.15, -0.1) is 0 Å². The Morgan fingerprint density at radius 3 is 1.32 bits per heavy atom. The van der Waals surface area contributed by atoms with Crippen LogP contribution in [0.1, 0.15) is 149 Å². The molecule has 0 amide bonds. The Kier molecular flexibility index (Phi) is 42.3. The van der Waals surface area contributed by atoms with Crippen molar-refractivity contribution < 1.29 is 28.6 Å². The van der Waals surface area contributed by atoms with E-state index in [0.717, 1.165) is 44.9 Å². The van der Waals surface area contributed by atoms with Crippen LogP contribution < -0.4 is 0 Å². The van der Waals surface area contributed by atoms with Crippen molar-refractivity contribution in [2.75, 3.05) is 13.2 Å². The maximum absolute atomic E-state index is 12.7. The summed E-state index contributed by atoms with van der Waals surface area (Å²) in [6, 6.07) is 0. The second kappa shape index (κ2) is 46.0. The molecule has 59 heavy (non-hydrogen) atoms. The van der Waals surface area contributed by atoms with Gasteiger partial charge in [0.2, 0.25) is 0 Å². The fraction of sp³-hybridized carbons (Fsp3) is 0.491. The molecular weight excluding hydrogens is 733 g/mol. The maximum Gasteiger partial charge on any atom is 0.306 e. The summed E-state index contributed by atoms with van der Waals surface area (Å²) in [5.74, 6) is -1.15. The zero-order chi connectivity index (χ0) is 43.0. The lowest BCUT2D eigenvalue weighted by Crippen LogP contribution is -2.30. The number of hydrogen-bond acceptors (Lipinski definition) is 6. The minimum absolute atomic E-state index is 0.153. The molecule has 6 nitrogen and oxygen atoms in total. The van der Waals surface area contributed by atoms with Crippen LogP contribution in [0.4, 0.5) is 0 Å². The van der Waals surface area contributed by atoms with Crippen LogP contribution in [0.5, 0.6) is 0 Å². The van der Waals surface area contributed by atoms with Gasteiger partial charge < -0.3 is 14.2 Å². The third-order valence-electron chi connectivity index (χ3n) is 8.58. The van der Waals surface area contributed by atoms with Crippen molar-refractivity contribution in [1.29, 1.82) is 0 Å². The number of unbranched alkanes of at least 4 members (excludes halogenated alkanes) is 10. The van der Waals surface area contributed by atoms with Crippen molar-refractivity contribution in [3.05, 3.63) is 146 Å². The van der Waals surface area contributed by atoms with Gasteiger partial charge in [-0.3, -0.25) is 14.4 Å². The summed E-state index contributed by atoms with van der Waals surface area (Å²) >= 11 is 0. The summed E-state index contributed by atoms with van der Waals surface area (Å²) in [6.07, 6.45) is 65.6. The number of hydrogen-bond donors (Lipinski definition) is 0. The monoisotopic (exact) mass is 811 g/mol. The molecule has 0 aliphatic rings. The molecule has 0 aromatic heterocycles. The standard InChI is InChI=1S/C53H78O6/c1-4-7-10-13-16-19-22-25-26-29-31-34-37-40-43-46-52(55)58-49-50(59-53(56)47-44-41-38-35-32-28-24-21-18-15-12-9-6-3)48-57-51(54)45-42-39-36-33-30-27-23-20-17-14-11-8-5-2/h7,9-10,12-13,15-16,18-19,21-22,24-32,35-36,38-39,50H,4-6,8,11,14,17,20,23,33-34,37,40-49H2,1-3H3/b10-7-,12-9-,16-13-,18-15-,22-19-,24-21-,26-25-,30-27-,31-29-,32-28-,38-35-,39-36-. The van der Waals surface area contributed by atoms with Gasteiger partial charge in [-0.25, -0.2) is 0 Å². The quantitative estimate of drug-likeness (QED) is 0.0204. The third kappa shape index (κ3) is 44.2. The molecule has 0 N–H and O–H groups in total. The molecule has 0 aliphatic heterocycles. The topological polar surface area (TPSA) is 78.9 Å². The molecule has 0 aromatic rings. The van der Waals surface area contributed by atoms with E-state index >= 15 is 0 Å². The lowest BCUT2D eigenvalue weighted by molar-refractivity contribution is -0.166. The van der Waals surface area contributed by atoms with Crippen LogP contribution >= 0.6 is 0 Å². The largest absolute Gasteiger partial charge is 0.462 e. The normalized spacial score (nSPS) is 13.5. The molecule has 326 valence electrons. The predicted octanol–water partition coefficient (Wildman–Crippen LogP) is 14.5. The Morgan fingerprint density at radius 1 is 0.373 bits per heavy atom. The van der Waals surface area contributed by atoms with Crippen molar-refractivity contribution >= 4 is 17.9 Å². The second-order valence-corrected chi connectivity index (χ2v) is 14.1. The van der Waals surface area contributed by atoms with Crippen LogP contribution in [-0.2, 0) is 28.6 Å². The lowest BCUT2D eigenvalue weighted by Gasteiger charge is -2.18. The molecule has 0 saturated carbocycles. The van der Waals surface area contributed by atoms with Crippen LogP contribution in [0.25, 0.3) is 0 Å². The highest BCUT2D eigenvalue weighted by Gasteiger charge is 2.19. The van der Waals surface area contributed by atoms with Gasteiger partial charge in [0.05, 0.1) is 0 Å². The SMILES string of the molecule is CC\C=C/C=C\C=C/C=C\C=C/CCCCCC(=O)OCC(COC(=O)CC/C=C\C/C=C\CCCCCCCC)OC(=O)CCC\C=C/C=C\C=C/C=C\C=C/CC. The summed E-state index contributed by atoms with van der Waals surface area (Å²) in [4.78, 5) is 37.7. The minimum atomic E-state index is -0.860. The lowest BCUT2D eigenvalue weighted by atomic mass is 10.1. The average molecular weight is 811 g/mol. The van der Waals surface area contributed by atoms with E-state index in [2.05, 4.69) is 57.2 Å². The molecule has 0 bridgehead atoms. The number of rotatable bonds is 37. The highest BCUT2D eigenvalue weighted by molar-refractivity contribution is 5.71. The van der Waals surface area contributed by atoms with Crippen molar-refractivity contribution in [2.45, 2.75) is 155 Å². The maximum atomic E-state index is 12.7. The first kappa shape index (κ1) is 54.3. The smallest absolute Gasteiger partial charge is 0.306 e. The van der Waals surface area contributed by atoms with Crippen LogP contribution in [0.3, 0.4) is 0 Å². The summed E-state index contributed by atoms with van der Waals surface area (Å²) in [5.41, 5.74) is 0. The molecule has 1 unspecified atom stereocenters. The van der Waals surface area contributed by atoms with Crippen molar-refractivity contribution in [1.82, 2.24) is 0 Å². The Bertz CT molecular complexity index is 1390. The first-order valence-corrected chi connectivity index (χ1v) is 22.5. The number of carbonyl (C=O) groups is 3. The van der Waals surface area contributed by atoms with Crippen LogP contribution in [0.2, 0.25) is 0 Å². The summed E-state index contributed by atoms with van der Waals surface area (Å²) in [5, 5.41) is 0. The Balaban J connectivity index is 4.69. The van der Waals surface area contributed by atoms with Gasteiger partial charge in [0.1, 0.15) is 13.2 Å². The van der Waals surface area contributed by atoms with Crippen LogP contribution in [-0.4, -0.2) is 37.2 Å². The van der Waals surface area contributed by atoms with Gasteiger partial charge in [0.25, 0.3) is 0 Å². The Hall–Kier alpha value is -4.71. The fourth-order valence-corrected chi connectivity index (χ4v) is 5.25. The highest BCUT2D eigenvalue weighted by atomic mass is 16.6. The average Bonchev–Trinajstić information content (AvgIpc) is 3.23. The molecular formula is C53H78O6. The van der Waals surface area contributed by atoms with E-state index in [0.29, 0.717) is 25.7 Å². The van der Waals surface area contributed by atoms with E-state index in [9.17, 15) is 14.4 Å². The van der Waals surface area contributed by atoms with E-state index in [1.807, 2.05) is 109 Å². The number of ether oxygens (including phenoxy) is 3. The van der Waals surface area contributed by atoms with Gasteiger partial charge in [0, 0.05) is 19.3 Å². The minimum Gasteiger partial charge on any atom is -0.462 e. The van der Waals surface area contributed by atoms with E-state index in [-0.39, 0.29) is 44.4 Å². The van der Waals surface area contributed by atoms with E-state index in [1.165, 1.54) is 38.5 Å². The Labute approximate surface area is 359 Å². The fourth-order valence-electron chi connectivity index (χ4n) is 5.25.